The van der Waals surface area contributed by atoms with Crippen molar-refractivity contribution in [1.82, 2.24) is 14.9 Å². The highest BCUT2D eigenvalue weighted by Crippen LogP contribution is 2.45. The molecule has 1 unspecified atom stereocenters. The summed E-state index contributed by atoms with van der Waals surface area (Å²) in [5.74, 6) is 0.595. The number of rotatable bonds is 9. The van der Waals surface area contributed by atoms with Gasteiger partial charge in [-0.1, -0.05) is 0 Å². The molecule has 0 spiro atoms. The lowest BCUT2D eigenvalue weighted by Gasteiger charge is -2.53. The van der Waals surface area contributed by atoms with Gasteiger partial charge in [0.1, 0.15) is 18.0 Å². The molecule has 2 aromatic rings. The molecule has 1 atom stereocenters. The summed E-state index contributed by atoms with van der Waals surface area (Å²) in [6.07, 6.45) is 8.23. The van der Waals surface area contributed by atoms with Gasteiger partial charge < -0.3 is 33.6 Å². The Labute approximate surface area is 229 Å². The van der Waals surface area contributed by atoms with Gasteiger partial charge in [-0.3, -0.25) is 9.78 Å². The van der Waals surface area contributed by atoms with Crippen LogP contribution in [0.25, 0.3) is 11.0 Å². The summed E-state index contributed by atoms with van der Waals surface area (Å²) in [7, 11) is 0. The van der Waals surface area contributed by atoms with E-state index >= 15 is 0 Å². The molecule has 3 saturated heterocycles. The van der Waals surface area contributed by atoms with Gasteiger partial charge in [-0.2, -0.15) is 0 Å². The Balaban J connectivity index is 1.19. The number of fused-ring (bicyclic) bond motifs is 4. The molecule has 1 amide bonds. The molecule has 0 radical (unpaired) electrons. The number of alkyl carbamates (subject to hydrolysis) is 1. The molecule has 39 heavy (non-hydrogen) atoms. The Hall–Kier alpha value is -2.69. The minimum atomic E-state index is -0.544. The highest BCUT2D eigenvalue weighted by Gasteiger charge is 2.50. The monoisotopic (exact) mass is 543 g/mol. The molecule has 6 rings (SSSR count). The van der Waals surface area contributed by atoms with Crippen LogP contribution in [0, 0.1) is 0 Å². The number of carbonyl (C=O) groups is 1. The number of ether oxygens (including phenoxy) is 5. The topological polar surface area (TPSA) is 110 Å². The van der Waals surface area contributed by atoms with E-state index in [1.54, 1.807) is 22.9 Å². The maximum atomic E-state index is 12.9. The van der Waals surface area contributed by atoms with E-state index < -0.39 is 11.7 Å². The summed E-state index contributed by atoms with van der Waals surface area (Å²) in [5, 5.41) is 3.07. The van der Waals surface area contributed by atoms with E-state index in [0.717, 1.165) is 62.6 Å². The number of aromatic nitrogens is 2. The van der Waals surface area contributed by atoms with E-state index in [2.05, 4.69) is 10.3 Å². The van der Waals surface area contributed by atoms with Crippen LogP contribution in [0.5, 0.6) is 5.75 Å². The van der Waals surface area contributed by atoms with Crippen LogP contribution in [-0.2, 0) is 25.5 Å². The number of carbonyl (C=O) groups excluding carboxylic acids is 1. The largest absolute Gasteiger partial charge is 0.489 e. The van der Waals surface area contributed by atoms with Crippen LogP contribution < -0.4 is 15.6 Å². The second-order valence-electron chi connectivity index (χ2n) is 12.0. The summed E-state index contributed by atoms with van der Waals surface area (Å²) in [5.41, 5.74) is 0.156. The van der Waals surface area contributed by atoms with Gasteiger partial charge in [-0.05, 0) is 78.2 Å². The van der Waals surface area contributed by atoms with Crippen molar-refractivity contribution in [2.75, 3.05) is 26.4 Å². The molecule has 1 saturated carbocycles. The Bertz CT molecular complexity index is 1190. The molecule has 10 heteroatoms. The predicted molar refractivity (Wildman–Crippen MR) is 145 cm³/mol. The molecule has 3 aliphatic heterocycles. The van der Waals surface area contributed by atoms with E-state index in [9.17, 15) is 9.59 Å². The summed E-state index contributed by atoms with van der Waals surface area (Å²) < 4.78 is 30.8. The lowest BCUT2D eigenvalue weighted by molar-refractivity contribution is -0.165. The Kier molecular flexibility index (Phi) is 8.16. The Morgan fingerprint density at radius 1 is 1.18 bits per heavy atom. The summed E-state index contributed by atoms with van der Waals surface area (Å²) in [6, 6.07) is 5.18. The van der Waals surface area contributed by atoms with Crippen molar-refractivity contribution in [1.29, 1.82) is 0 Å². The molecule has 10 nitrogen and oxygen atoms in total. The highest BCUT2D eigenvalue weighted by atomic mass is 16.7. The van der Waals surface area contributed by atoms with Crippen LogP contribution in [0.3, 0.4) is 0 Å². The molecular weight excluding hydrogens is 502 g/mol. The number of hydrogen-bond acceptors (Lipinski definition) is 8. The molecule has 2 aromatic heterocycles. The Morgan fingerprint density at radius 3 is 2.69 bits per heavy atom. The van der Waals surface area contributed by atoms with E-state index in [4.69, 9.17) is 23.7 Å². The van der Waals surface area contributed by atoms with Crippen molar-refractivity contribution in [2.45, 2.75) is 102 Å². The smallest absolute Gasteiger partial charge is 0.408 e. The third-order valence-electron chi connectivity index (χ3n) is 7.94. The fourth-order valence-electron chi connectivity index (χ4n) is 5.72. The molecule has 1 aliphatic carbocycles. The summed E-state index contributed by atoms with van der Waals surface area (Å²) >= 11 is 0. The normalized spacial score (nSPS) is 26.9. The van der Waals surface area contributed by atoms with Crippen LogP contribution in [0.15, 0.2) is 29.2 Å². The SMILES string of the molecule is CC(C)(C)OC(=O)NC12CCC(CCn3c(=O)ccc4ncc(OCCOC5CCCCO5)cc43)(CC1)OC2. The van der Waals surface area contributed by atoms with E-state index in [-0.39, 0.29) is 23.0 Å². The fraction of sp³-hybridized carbons (Fsp3) is 0.690. The molecule has 0 aromatic carbocycles. The van der Waals surface area contributed by atoms with Gasteiger partial charge in [-0.25, -0.2) is 4.79 Å². The first-order valence-corrected chi connectivity index (χ1v) is 14.2. The fourth-order valence-corrected chi connectivity index (χ4v) is 5.72. The van der Waals surface area contributed by atoms with Gasteiger partial charge in [0.25, 0.3) is 5.56 Å². The minimum absolute atomic E-state index is 0.0804. The number of aryl methyl sites for hydroxylation is 1. The van der Waals surface area contributed by atoms with Gasteiger partial charge >= 0.3 is 6.09 Å². The second-order valence-corrected chi connectivity index (χ2v) is 12.0. The number of hydrogen-bond donors (Lipinski definition) is 1. The zero-order valence-corrected chi connectivity index (χ0v) is 23.3. The predicted octanol–water partition coefficient (Wildman–Crippen LogP) is 4.32. The van der Waals surface area contributed by atoms with E-state index in [0.29, 0.717) is 38.5 Å². The summed E-state index contributed by atoms with van der Waals surface area (Å²) in [6.45, 7) is 8.07. The first-order chi connectivity index (χ1) is 18.6. The number of nitrogens with one attached hydrogen (secondary N) is 1. The van der Waals surface area contributed by atoms with Crippen LogP contribution in [-0.4, -0.2) is 65.1 Å². The van der Waals surface area contributed by atoms with Crippen molar-refractivity contribution < 1.29 is 28.5 Å². The average Bonchev–Trinajstić information content (AvgIpc) is 2.91. The molecule has 4 aliphatic rings. The number of nitrogens with zero attached hydrogens (tertiary/aromatic N) is 2. The first-order valence-electron chi connectivity index (χ1n) is 14.2. The van der Waals surface area contributed by atoms with Crippen molar-refractivity contribution in [2.24, 2.45) is 0 Å². The second kappa shape index (κ2) is 11.4. The lowest BCUT2D eigenvalue weighted by Crippen LogP contribution is -2.63. The molecule has 1 N–H and O–H groups in total. The maximum Gasteiger partial charge on any atom is 0.408 e. The number of amides is 1. The van der Waals surface area contributed by atoms with Gasteiger partial charge in [0.2, 0.25) is 0 Å². The van der Waals surface area contributed by atoms with Crippen LogP contribution in [0.4, 0.5) is 4.79 Å². The lowest BCUT2D eigenvalue weighted by atomic mass is 9.70. The summed E-state index contributed by atoms with van der Waals surface area (Å²) in [4.78, 5) is 29.8. The zero-order valence-electron chi connectivity index (χ0n) is 23.3. The van der Waals surface area contributed by atoms with Crippen molar-refractivity contribution in [3.63, 3.8) is 0 Å². The highest BCUT2D eigenvalue weighted by molar-refractivity contribution is 5.75. The van der Waals surface area contributed by atoms with Gasteiger partial charge in [0.15, 0.2) is 6.29 Å². The average molecular weight is 544 g/mol. The van der Waals surface area contributed by atoms with Crippen LogP contribution in [0.1, 0.15) is 72.1 Å². The van der Waals surface area contributed by atoms with Crippen LogP contribution >= 0.6 is 0 Å². The van der Waals surface area contributed by atoms with Gasteiger partial charge in [0, 0.05) is 25.3 Å². The van der Waals surface area contributed by atoms with Gasteiger partial charge in [0.05, 0.1) is 41.6 Å². The standard InChI is InChI=1S/C29H41N3O7/c1-27(2,3)39-26(34)31-28-9-11-29(12-10-28,38-20-28)13-14-32-23-18-21(19-30-22(23)7-8-24(32)33)35-16-17-37-25-6-4-5-15-36-25/h7-8,18-19,25H,4-6,9-17,20H2,1-3H3,(H,31,34). The molecule has 5 heterocycles. The molecule has 2 bridgehead atoms. The van der Waals surface area contributed by atoms with Crippen LogP contribution in [0.2, 0.25) is 0 Å². The third-order valence-corrected chi connectivity index (χ3v) is 7.94. The molecular formula is C29H41N3O7. The quantitative estimate of drug-likeness (QED) is 0.466. The third kappa shape index (κ3) is 6.91. The molecule has 4 fully saturated rings. The Morgan fingerprint density at radius 2 is 2.00 bits per heavy atom. The molecule has 214 valence electrons. The van der Waals surface area contributed by atoms with E-state index in [1.165, 1.54) is 0 Å². The number of pyridine rings is 2. The minimum Gasteiger partial charge on any atom is -0.489 e. The van der Waals surface area contributed by atoms with E-state index in [1.807, 2.05) is 26.8 Å². The van der Waals surface area contributed by atoms with Crippen molar-refractivity contribution in [3.8, 4) is 5.75 Å². The van der Waals surface area contributed by atoms with Crippen molar-refractivity contribution in [3.05, 3.63) is 34.7 Å². The van der Waals surface area contributed by atoms with Gasteiger partial charge in [-0.15, -0.1) is 0 Å². The maximum absolute atomic E-state index is 12.9. The van der Waals surface area contributed by atoms with Crippen molar-refractivity contribution >= 4 is 17.1 Å². The zero-order chi connectivity index (χ0) is 27.5. The first kappa shape index (κ1) is 27.9.